The van der Waals surface area contributed by atoms with E-state index in [1.165, 1.54) is 112 Å². The molecule has 1 spiro atoms. The zero-order valence-electron chi connectivity index (χ0n) is 31.1. The minimum Gasteiger partial charge on any atom is -0.311 e. The summed E-state index contributed by atoms with van der Waals surface area (Å²) in [5.41, 5.74) is 25.6. The van der Waals surface area contributed by atoms with Gasteiger partial charge in [-0.25, -0.2) is 0 Å². The van der Waals surface area contributed by atoms with Crippen LogP contribution in [0.1, 0.15) is 38.9 Å². The lowest BCUT2D eigenvalue weighted by molar-refractivity contribution is 0.794. The standard InChI is InChI=1S/C52H37BN2/c1-32-12-10-13-35(28-32)54-47-20-11-21-48-51(47)53(45-26-22-33(2)29-49(45)54)46-27-23-34(3)30-50(46)55(48)36-24-25-44-40(31-36)39-16-6-9-19-43(39)52(44)41-17-7-4-14-37(41)38-15-5-8-18-42(38)52/h4-31H,1-3H3. The Hall–Kier alpha value is -6.58. The lowest BCUT2D eigenvalue weighted by Gasteiger charge is -2.44. The molecule has 8 aromatic rings. The Morgan fingerprint density at radius 1 is 0.364 bits per heavy atom. The van der Waals surface area contributed by atoms with E-state index >= 15 is 0 Å². The van der Waals surface area contributed by atoms with Crippen molar-refractivity contribution in [2.45, 2.75) is 26.2 Å². The van der Waals surface area contributed by atoms with E-state index in [0.717, 1.165) is 0 Å². The number of hydrogen-bond acceptors (Lipinski definition) is 2. The van der Waals surface area contributed by atoms with E-state index in [4.69, 9.17) is 0 Å². The number of rotatable bonds is 2. The summed E-state index contributed by atoms with van der Waals surface area (Å²) < 4.78 is 0. The predicted molar refractivity (Wildman–Crippen MR) is 231 cm³/mol. The van der Waals surface area contributed by atoms with Gasteiger partial charge in [0, 0.05) is 34.1 Å². The highest BCUT2D eigenvalue weighted by atomic mass is 15.2. The van der Waals surface area contributed by atoms with Crippen molar-refractivity contribution in [1.82, 2.24) is 0 Å². The molecule has 2 nitrogen and oxygen atoms in total. The van der Waals surface area contributed by atoms with Crippen LogP contribution < -0.4 is 26.2 Å². The Bertz CT molecular complexity index is 2910. The molecule has 12 rings (SSSR count). The molecule has 0 radical (unpaired) electrons. The summed E-state index contributed by atoms with van der Waals surface area (Å²) in [7, 11) is 0. The molecule has 0 amide bonds. The highest BCUT2D eigenvalue weighted by Gasteiger charge is 2.52. The minimum atomic E-state index is -0.360. The van der Waals surface area contributed by atoms with Crippen LogP contribution in [-0.2, 0) is 5.41 Å². The molecule has 0 fully saturated rings. The van der Waals surface area contributed by atoms with Gasteiger partial charge in [-0.3, -0.25) is 0 Å². The molecule has 258 valence electrons. The normalized spacial score (nSPS) is 14.5. The van der Waals surface area contributed by atoms with Crippen molar-refractivity contribution in [3.63, 3.8) is 0 Å². The van der Waals surface area contributed by atoms with E-state index in [1.807, 2.05) is 0 Å². The van der Waals surface area contributed by atoms with Crippen molar-refractivity contribution in [2.24, 2.45) is 0 Å². The second-order valence-electron chi connectivity index (χ2n) is 15.9. The summed E-state index contributed by atoms with van der Waals surface area (Å²) in [6.45, 7) is 6.73. The summed E-state index contributed by atoms with van der Waals surface area (Å²) in [5, 5.41) is 0. The van der Waals surface area contributed by atoms with Crippen LogP contribution in [0.2, 0.25) is 0 Å². The lowest BCUT2D eigenvalue weighted by Crippen LogP contribution is -2.61. The predicted octanol–water partition coefficient (Wildman–Crippen LogP) is 11.0. The minimum absolute atomic E-state index is 0.111. The smallest absolute Gasteiger partial charge is 0.252 e. The molecule has 0 bridgehead atoms. The molecule has 0 N–H and O–H groups in total. The second kappa shape index (κ2) is 11.0. The SMILES string of the molecule is Cc1cccc(N2c3cc(C)ccc3B3c4ccc(C)cc4N(c4ccc5c(c4)-c4ccccc4C54c5ccccc5-c5ccccc54)c4cccc2c43)c1. The van der Waals surface area contributed by atoms with Crippen LogP contribution in [0.3, 0.4) is 0 Å². The second-order valence-corrected chi connectivity index (χ2v) is 15.9. The highest BCUT2D eigenvalue weighted by molar-refractivity contribution is 7.00. The molecule has 4 aliphatic rings. The van der Waals surface area contributed by atoms with E-state index in [0.29, 0.717) is 0 Å². The largest absolute Gasteiger partial charge is 0.311 e. The number of anilines is 6. The molecule has 0 aromatic heterocycles. The van der Waals surface area contributed by atoms with Gasteiger partial charge in [-0.05, 0) is 147 Å². The Kier molecular flexibility index (Phi) is 6.16. The molecular formula is C52H37BN2. The molecule has 0 unspecified atom stereocenters. The van der Waals surface area contributed by atoms with Crippen LogP contribution in [0.5, 0.6) is 0 Å². The first-order valence-corrected chi connectivity index (χ1v) is 19.5. The van der Waals surface area contributed by atoms with Gasteiger partial charge in [0.1, 0.15) is 0 Å². The zero-order chi connectivity index (χ0) is 36.6. The molecule has 3 heteroatoms. The van der Waals surface area contributed by atoms with E-state index in [-0.39, 0.29) is 12.1 Å². The van der Waals surface area contributed by atoms with Crippen molar-refractivity contribution in [2.75, 3.05) is 9.80 Å². The molecule has 2 aliphatic heterocycles. The van der Waals surface area contributed by atoms with Crippen LogP contribution in [0.25, 0.3) is 22.3 Å². The maximum Gasteiger partial charge on any atom is 0.252 e. The number of hydrogen-bond donors (Lipinski definition) is 0. The van der Waals surface area contributed by atoms with Gasteiger partial charge in [0.15, 0.2) is 0 Å². The summed E-state index contributed by atoms with van der Waals surface area (Å²) in [4.78, 5) is 5.05. The van der Waals surface area contributed by atoms with Gasteiger partial charge < -0.3 is 9.80 Å². The average molecular weight is 701 g/mol. The third-order valence-electron chi connectivity index (χ3n) is 12.8. The summed E-state index contributed by atoms with van der Waals surface area (Å²) >= 11 is 0. The Morgan fingerprint density at radius 2 is 0.836 bits per heavy atom. The summed E-state index contributed by atoms with van der Waals surface area (Å²) in [5.74, 6) is 0. The van der Waals surface area contributed by atoms with Gasteiger partial charge in [-0.2, -0.15) is 0 Å². The molecule has 0 atom stereocenters. The van der Waals surface area contributed by atoms with E-state index in [2.05, 4.69) is 200 Å². The molecule has 2 heterocycles. The van der Waals surface area contributed by atoms with Gasteiger partial charge in [0.25, 0.3) is 6.71 Å². The van der Waals surface area contributed by atoms with Crippen molar-refractivity contribution in [3.05, 3.63) is 209 Å². The molecule has 0 saturated carbocycles. The first-order valence-electron chi connectivity index (χ1n) is 19.5. The fourth-order valence-corrected chi connectivity index (χ4v) is 10.7. The van der Waals surface area contributed by atoms with Gasteiger partial charge in [-0.1, -0.05) is 121 Å². The third kappa shape index (κ3) is 3.95. The van der Waals surface area contributed by atoms with Gasteiger partial charge in [0.2, 0.25) is 0 Å². The number of fused-ring (bicyclic) bond motifs is 14. The zero-order valence-corrected chi connectivity index (χ0v) is 31.1. The molecule has 55 heavy (non-hydrogen) atoms. The number of benzene rings is 8. The van der Waals surface area contributed by atoms with Crippen LogP contribution >= 0.6 is 0 Å². The van der Waals surface area contributed by atoms with Crippen molar-refractivity contribution in [1.29, 1.82) is 0 Å². The Morgan fingerprint density at radius 3 is 1.40 bits per heavy atom. The molecule has 2 aliphatic carbocycles. The van der Waals surface area contributed by atoms with Crippen LogP contribution in [0.4, 0.5) is 34.1 Å². The fourth-order valence-electron chi connectivity index (χ4n) is 10.7. The van der Waals surface area contributed by atoms with Gasteiger partial charge in [-0.15, -0.1) is 0 Å². The maximum atomic E-state index is 2.55. The van der Waals surface area contributed by atoms with E-state index in [9.17, 15) is 0 Å². The Balaban J connectivity index is 1.13. The summed E-state index contributed by atoms with van der Waals surface area (Å²) in [6.07, 6.45) is 0. The third-order valence-corrected chi connectivity index (χ3v) is 12.8. The number of aryl methyl sites for hydroxylation is 3. The van der Waals surface area contributed by atoms with Crippen molar-refractivity contribution >= 4 is 57.2 Å². The fraction of sp³-hybridized carbons (Fsp3) is 0.0769. The van der Waals surface area contributed by atoms with Gasteiger partial charge in [0.05, 0.1) is 5.41 Å². The first-order chi connectivity index (χ1) is 27.0. The topological polar surface area (TPSA) is 6.48 Å². The summed E-state index contributed by atoms with van der Waals surface area (Å²) in [6, 6.07) is 64.5. The molecule has 8 aromatic carbocycles. The van der Waals surface area contributed by atoms with Crippen molar-refractivity contribution < 1.29 is 0 Å². The number of nitrogens with zero attached hydrogens (tertiary/aromatic N) is 2. The Labute approximate surface area is 323 Å². The van der Waals surface area contributed by atoms with Crippen LogP contribution in [0, 0.1) is 20.8 Å². The van der Waals surface area contributed by atoms with E-state index < -0.39 is 0 Å². The monoisotopic (exact) mass is 700 g/mol. The van der Waals surface area contributed by atoms with Crippen LogP contribution in [-0.4, -0.2) is 6.71 Å². The van der Waals surface area contributed by atoms with Crippen LogP contribution in [0.15, 0.2) is 170 Å². The molecular weight excluding hydrogens is 663 g/mol. The van der Waals surface area contributed by atoms with Crippen molar-refractivity contribution in [3.8, 4) is 22.3 Å². The molecule has 0 saturated heterocycles. The highest BCUT2D eigenvalue weighted by Crippen LogP contribution is 2.63. The first kappa shape index (κ1) is 30.8. The average Bonchev–Trinajstić information content (AvgIpc) is 3.68. The quantitative estimate of drug-likeness (QED) is 0.166. The van der Waals surface area contributed by atoms with E-state index in [1.54, 1.807) is 0 Å². The maximum absolute atomic E-state index is 2.55. The van der Waals surface area contributed by atoms with Gasteiger partial charge >= 0.3 is 0 Å². The lowest BCUT2D eigenvalue weighted by atomic mass is 9.33.